The predicted octanol–water partition coefficient (Wildman–Crippen LogP) is 2.33. The summed E-state index contributed by atoms with van der Waals surface area (Å²) < 4.78 is 0. The van der Waals surface area contributed by atoms with Crippen LogP contribution in [0.2, 0.25) is 0 Å². The monoisotopic (exact) mass is 234 g/mol. The fourth-order valence-corrected chi connectivity index (χ4v) is 1.55. The largest absolute Gasteiger partial charge is 0.327 e. The van der Waals surface area contributed by atoms with Gasteiger partial charge in [0, 0.05) is 25.2 Å². The molecule has 3 heteroatoms. The van der Waals surface area contributed by atoms with E-state index >= 15 is 0 Å². The van der Waals surface area contributed by atoms with E-state index in [1.54, 1.807) is 11.9 Å². The first-order valence-electron chi connectivity index (χ1n) is 6.00. The summed E-state index contributed by atoms with van der Waals surface area (Å²) in [6.45, 7) is 6.08. The molecule has 1 rings (SSSR count). The number of hydrogen-bond acceptors (Lipinski definition) is 2. The van der Waals surface area contributed by atoms with E-state index < -0.39 is 0 Å². The van der Waals surface area contributed by atoms with Gasteiger partial charge in [-0.1, -0.05) is 26.0 Å². The van der Waals surface area contributed by atoms with Crippen LogP contribution < -0.4 is 10.6 Å². The molecule has 0 saturated carbocycles. The molecule has 0 aliphatic heterocycles. The highest BCUT2D eigenvalue weighted by Gasteiger charge is 2.17. The number of anilines is 1. The van der Waals surface area contributed by atoms with Crippen LogP contribution in [0.1, 0.15) is 25.8 Å². The lowest BCUT2D eigenvalue weighted by Gasteiger charge is -2.21. The minimum Gasteiger partial charge on any atom is -0.327 e. The average molecular weight is 234 g/mol. The van der Waals surface area contributed by atoms with Crippen molar-refractivity contribution in [3.05, 3.63) is 29.8 Å². The molecule has 1 amide bonds. The number of aryl methyl sites for hydroxylation is 1. The Morgan fingerprint density at radius 3 is 2.59 bits per heavy atom. The molecule has 3 nitrogen and oxygen atoms in total. The van der Waals surface area contributed by atoms with Gasteiger partial charge in [0.2, 0.25) is 5.91 Å². The maximum atomic E-state index is 12.0. The van der Waals surface area contributed by atoms with Crippen LogP contribution in [0, 0.1) is 12.8 Å². The molecule has 1 aromatic rings. The Morgan fingerprint density at radius 1 is 1.41 bits per heavy atom. The second-order valence-electron chi connectivity index (χ2n) is 4.90. The number of nitrogens with two attached hydrogens (primary N) is 1. The second kappa shape index (κ2) is 5.82. The molecule has 17 heavy (non-hydrogen) atoms. The van der Waals surface area contributed by atoms with E-state index in [-0.39, 0.29) is 11.9 Å². The first-order chi connectivity index (χ1) is 7.91. The number of carbonyl (C=O) groups excluding carboxylic acids is 1. The van der Waals surface area contributed by atoms with Crippen molar-refractivity contribution in [2.24, 2.45) is 11.7 Å². The third-order valence-corrected chi connectivity index (χ3v) is 3.03. The van der Waals surface area contributed by atoms with Gasteiger partial charge in [-0.25, -0.2) is 0 Å². The third kappa shape index (κ3) is 3.86. The first-order valence-corrected chi connectivity index (χ1v) is 6.00. The molecule has 1 aromatic carbocycles. The molecule has 0 spiro atoms. The standard InChI is InChI=1S/C14H22N2O/c1-10(2)13(15)9-14(17)16(4)12-7-5-6-11(3)8-12/h5-8,10,13H,9,15H2,1-4H3. The molecule has 0 bridgehead atoms. The van der Waals surface area contributed by atoms with Crippen LogP contribution in [-0.4, -0.2) is 19.0 Å². The van der Waals surface area contributed by atoms with Gasteiger partial charge in [0.25, 0.3) is 0 Å². The van der Waals surface area contributed by atoms with Crippen LogP contribution in [-0.2, 0) is 4.79 Å². The molecular weight excluding hydrogens is 212 g/mol. The molecule has 0 heterocycles. The van der Waals surface area contributed by atoms with Crippen molar-refractivity contribution in [2.45, 2.75) is 33.2 Å². The van der Waals surface area contributed by atoms with Crippen molar-refractivity contribution in [3.63, 3.8) is 0 Å². The topological polar surface area (TPSA) is 46.3 Å². The van der Waals surface area contributed by atoms with E-state index in [0.717, 1.165) is 11.3 Å². The van der Waals surface area contributed by atoms with Crippen molar-refractivity contribution in [1.82, 2.24) is 0 Å². The summed E-state index contributed by atoms with van der Waals surface area (Å²) in [4.78, 5) is 13.7. The van der Waals surface area contributed by atoms with Crippen LogP contribution >= 0.6 is 0 Å². The minimum absolute atomic E-state index is 0.0665. The van der Waals surface area contributed by atoms with Gasteiger partial charge in [0.15, 0.2) is 0 Å². The van der Waals surface area contributed by atoms with Crippen LogP contribution in [0.5, 0.6) is 0 Å². The van der Waals surface area contributed by atoms with Gasteiger partial charge in [-0.15, -0.1) is 0 Å². The Bertz CT molecular complexity index is 388. The van der Waals surface area contributed by atoms with Gasteiger partial charge >= 0.3 is 0 Å². The summed E-state index contributed by atoms with van der Waals surface area (Å²) in [6, 6.07) is 7.83. The van der Waals surface area contributed by atoms with E-state index in [1.807, 2.05) is 45.0 Å². The Hall–Kier alpha value is -1.35. The summed E-state index contributed by atoms with van der Waals surface area (Å²) in [7, 11) is 1.80. The van der Waals surface area contributed by atoms with Crippen molar-refractivity contribution >= 4 is 11.6 Å². The van der Waals surface area contributed by atoms with Crippen molar-refractivity contribution in [3.8, 4) is 0 Å². The highest BCUT2D eigenvalue weighted by Crippen LogP contribution is 2.16. The number of carbonyl (C=O) groups is 1. The van der Waals surface area contributed by atoms with Gasteiger partial charge in [0.1, 0.15) is 0 Å². The molecule has 94 valence electrons. The minimum atomic E-state index is -0.0743. The SMILES string of the molecule is Cc1cccc(N(C)C(=O)CC(N)C(C)C)c1. The summed E-state index contributed by atoms with van der Waals surface area (Å²) >= 11 is 0. The zero-order valence-corrected chi connectivity index (χ0v) is 11.1. The molecule has 0 aliphatic rings. The van der Waals surface area contributed by atoms with Gasteiger partial charge in [-0.05, 0) is 30.5 Å². The number of nitrogens with zero attached hydrogens (tertiary/aromatic N) is 1. The molecule has 0 fully saturated rings. The summed E-state index contributed by atoms with van der Waals surface area (Å²) in [6.07, 6.45) is 0.391. The highest BCUT2D eigenvalue weighted by atomic mass is 16.2. The summed E-state index contributed by atoms with van der Waals surface area (Å²) in [5.74, 6) is 0.390. The molecule has 2 N–H and O–H groups in total. The number of benzene rings is 1. The zero-order valence-electron chi connectivity index (χ0n) is 11.1. The van der Waals surface area contributed by atoms with Crippen LogP contribution in [0.25, 0.3) is 0 Å². The lowest BCUT2D eigenvalue weighted by molar-refractivity contribution is -0.118. The Balaban J connectivity index is 2.70. The molecule has 1 unspecified atom stereocenters. The fourth-order valence-electron chi connectivity index (χ4n) is 1.55. The molecule has 0 aromatic heterocycles. The van der Waals surface area contributed by atoms with E-state index in [1.165, 1.54) is 0 Å². The normalized spacial score (nSPS) is 12.6. The molecule has 1 atom stereocenters. The van der Waals surface area contributed by atoms with Crippen LogP contribution in [0.4, 0.5) is 5.69 Å². The summed E-state index contributed by atoms with van der Waals surface area (Å²) in [5.41, 5.74) is 7.99. The van der Waals surface area contributed by atoms with Crippen LogP contribution in [0.3, 0.4) is 0 Å². The van der Waals surface area contributed by atoms with Gasteiger partial charge < -0.3 is 10.6 Å². The molecule has 0 saturated heterocycles. The Morgan fingerprint density at radius 2 is 2.06 bits per heavy atom. The number of amides is 1. The second-order valence-corrected chi connectivity index (χ2v) is 4.90. The highest BCUT2D eigenvalue weighted by molar-refractivity contribution is 5.93. The van der Waals surface area contributed by atoms with Gasteiger partial charge in [-0.2, -0.15) is 0 Å². The average Bonchev–Trinajstić information content (AvgIpc) is 2.27. The lowest BCUT2D eigenvalue weighted by Crippen LogP contribution is -2.36. The van der Waals surface area contributed by atoms with E-state index in [9.17, 15) is 4.79 Å². The maximum absolute atomic E-state index is 12.0. The number of hydrogen-bond donors (Lipinski definition) is 1. The lowest BCUT2D eigenvalue weighted by atomic mass is 10.0. The predicted molar refractivity (Wildman–Crippen MR) is 72.0 cm³/mol. The summed E-state index contributed by atoms with van der Waals surface area (Å²) in [5, 5.41) is 0. The molecule has 0 radical (unpaired) electrons. The maximum Gasteiger partial charge on any atom is 0.228 e. The molecule has 0 aliphatic carbocycles. The van der Waals surface area contributed by atoms with Crippen LogP contribution in [0.15, 0.2) is 24.3 Å². The van der Waals surface area contributed by atoms with E-state index in [2.05, 4.69) is 0 Å². The quantitative estimate of drug-likeness (QED) is 0.869. The zero-order chi connectivity index (χ0) is 13.0. The van der Waals surface area contributed by atoms with Gasteiger partial charge in [-0.3, -0.25) is 4.79 Å². The van der Waals surface area contributed by atoms with E-state index in [0.29, 0.717) is 12.3 Å². The third-order valence-electron chi connectivity index (χ3n) is 3.03. The van der Waals surface area contributed by atoms with E-state index in [4.69, 9.17) is 5.73 Å². The smallest absolute Gasteiger partial charge is 0.228 e. The molecular formula is C14H22N2O. The fraction of sp³-hybridized carbons (Fsp3) is 0.500. The number of rotatable bonds is 4. The first kappa shape index (κ1) is 13.7. The van der Waals surface area contributed by atoms with Crippen molar-refractivity contribution in [1.29, 1.82) is 0 Å². The van der Waals surface area contributed by atoms with Gasteiger partial charge in [0.05, 0.1) is 0 Å². The Labute approximate surface area is 104 Å². The van der Waals surface area contributed by atoms with Crippen molar-refractivity contribution < 1.29 is 4.79 Å². The Kier molecular flexibility index (Phi) is 4.70. The van der Waals surface area contributed by atoms with Crippen molar-refractivity contribution in [2.75, 3.05) is 11.9 Å².